The number of carbonyl (C=O) groups excluding carboxylic acids is 1. The molecular formula is C21H24N4O2S. The highest BCUT2D eigenvalue weighted by Crippen LogP contribution is 2.26. The molecule has 0 saturated heterocycles. The van der Waals surface area contributed by atoms with Crippen LogP contribution in [0.2, 0.25) is 0 Å². The quantitative estimate of drug-likeness (QED) is 0.424. The topological polar surface area (TPSA) is 73.0 Å². The summed E-state index contributed by atoms with van der Waals surface area (Å²) < 4.78 is 7.43. The maximum atomic E-state index is 12.2. The molecule has 1 N–H and O–H groups in total. The second kappa shape index (κ2) is 9.41. The molecule has 1 atom stereocenters. The number of thioether (sulfide) groups is 1. The molecule has 0 saturated carbocycles. The number of aromatic nitrogens is 3. The molecule has 0 aliphatic heterocycles. The summed E-state index contributed by atoms with van der Waals surface area (Å²) in [5.74, 6) is 2.05. The van der Waals surface area contributed by atoms with E-state index in [0.29, 0.717) is 23.7 Å². The fourth-order valence-electron chi connectivity index (χ4n) is 2.59. The fourth-order valence-corrected chi connectivity index (χ4v) is 3.49. The number of nitrogens with zero attached hydrogens (tertiary/aromatic N) is 3. The molecule has 28 heavy (non-hydrogen) atoms. The molecule has 2 heterocycles. The van der Waals surface area contributed by atoms with Crippen LogP contribution in [0.3, 0.4) is 0 Å². The predicted molar refractivity (Wildman–Crippen MR) is 111 cm³/mol. The van der Waals surface area contributed by atoms with Crippen molar-refractivity contribution in [1.29, 1.82) is 0 Å². The molecule has 0 aliphatic carbocycles. The third kappa shape index (κ3) is 4.72. The van der Waals surface area contributed by atoms with Gasteiger partial charge in [0.1, 0.15) is 0 Å². The molecule has 0 spiro atoms. The van der Waals surface area contributed by atoms with Crippen LogP contribution in [0.5, 0.6) is 0 Å². The summed E-state index contributed by atoms with van der Waals surface area (Å²) in [7, 11) is 0. The Morgan fingerprint density at radius 1 is 1.32 bits per heavy atom. The van der Waals surface area contributed by atoms with Gasteiger partial charge in [-0.3, -0.25) is 9.36 Å². The SMILES string of the molecule is C=CCn1c(SCc2ccc(C(=O)N[C@@H](C)CC)cc2)nnc1-c1ccco1. The molecule has 6 nitrogen and oxygen atoms in total. The van der Waals surface area contributed by atoms with Gasteiger partial charge in [0.05, 0.1) is 6.26 Å². The van der Waals surface area contributed by atoms with Gasteiger partial charge in [-0.15, -0.1) is 16.8 Å². The first-order valence-electron chi connectivity index (χ1n) is 9.23. The number of furan rings is 1. The van der Waals surface area contributed by atoms with E-state index in [9.17, 15) is 4.79 Å². The van der Waals surface area contributed by atoms with E-state index in [1.807, 2.05) is 60.9 Å². The van der Waals surface area contributed by atoms with Crippen molar-refractivity contribution in [2.45, 2.75) is 43.8 Å². The molecule has 1 amide bonds. The van der Waals surface area contributed by atoms with E-state index in [1.54, 1.807) is 18.0 Å². The third-order valence-electron chi connectivity index (χ3n) is 4.34. The largest absolute Gasteiger partial charge is 0.461 e. The Balaban J connectivity index is 1.67. The van der Waals surface area contributed by atoms with Gasteiger partial charge in [-0.25, -0.2) is 0 Å². The normalized spacial score (nSPS) is 11.9. The van der Waals surface area contributed by atoms with Crippen molar-refractivity contribution in [2.24, 2.45) is 0 Å². The maximum Gasteiger partial charge on any atom is 0.251 e. The monoisotopic (exact) mass is 396 g/mol. The lowest BCUT2D eigenvalue weighted by atomic mass is 10.1. The molecule has 0 fully saturated rings. The van der Waals surface area contributed by atoms with Crippen LogP contribution >= 0.6 is 11.8 Å². The van der Waals surface area contributed by atoms with Crippen molar-refractivity contribution in [2.75, 3.05) is 0 Å². The van der Waals surface area contributed by atoms with Gasteiger partial charge < -0.3 is 9.73 Å². The number of hydrogen-bond donors (Lipinski definition) is 1. The van der Waals surface area contributed by atoms with E-state index in [0.717, 1.165) is 22.9 Å². The lowest BCUT2D eigenvalue weighted by Crippen LogP contribution is -2.31. The first-order valence-corrected chi connectivity index (χ1v) is 10.2. The van der Waals surface area contributed by atoms with Crippen LogP contribution in [-0.4, -0.2) is 26.7 Å². The van der Waals surface area contributed by atoms with E-state index in [4.69, 9.17) is 4.42 Å². The molecular weight excluding hydrogens is 372 g/mol. The predicted octanol–water partition coefficient (Wildman–Crippen LogP) is 4.54. The fraction of sp³-hybridized carbons (Fsp3) is 0.286. The standard InChI is InChI=1S/C21H24N4O2S/c1-4-12-25-19(18-7-6-13-27-18)23-24-21(25)28-14-16-8-10-17(11-9-16)20(26)22-15(3)5-2/h4,6-11,13,15H,1,5,12,14H2,2-3H3,(H,22,26)/t15-/m0/s1. The van der Waals surface area contributed by atoms with Crippen LogP contribution < -0.4 is 5.32 Å². The lowest BCUT2D eigenvalue weighted by molar-refractivity contribution is 0.0939. The van der Waals surface area contributed by atoms with E-state index in [2.05, 4.69) is 22.1 Å². The van der Waals surface area contributed by atoms with Crippen molar-refractivity contribution >= 4 is 17.7 Å². The molecule has 146 valence electrons. The molecule has 0 unspecified atom stereocenters. The zero-order valence-corrected chi connectivity index (χ0v) is 16.9. The Labute approximate surface area is 169 Å². The van der Waals surface area contributed by atoms with Crippen LogP contribution in [0.15, 0.2) is 64.9 Å². The van der Waals surface area contributed by atoms with E-state index in [-0.39, 0.29) is 11.9 Å². The summed E-state index contributed by atoms with van der Waals surface area (Å²) in [5.41, 5.74) is 1.78. The molecule has 7 heteroatoms. The van der Waals surface area contributed by atoms with Crippen LogP contribution in [-0.2, 0) is 12.3 Å². The van der Waals surface area contributed by atoms with Crippen LogP contribution in [0.25, 0.3) is 11.6 Å². The third-order valence-corrected chi connectivity index (χ3v) is 5.38. The highest BCUT2D eigenvalue weighted by Gasteiger charge is 2.15. The Hall–Kier alpha value is -2.80. The summed E-state index contributed by atoms with van der Waals surface area (Å²) in [6, 6.07) is 11.5. The van der Waals surface area contributed by atoms with Crippen LogP contribution in [0.4, 0.5) is 0 Å². The number of benzene rings is 1. The van der Waals surface area contributed by atoms with Gasteiger partial charge in [0.15, 0.2) is 10.9 Å². The van der Waals surface area contributed by atoms with E-state index in [1.165, 1.54) is 0 Å². The molecule has 0 radical (unpaired) electrons. The van der Waals surface area contributed by atoms with Crippen molar-refractivity contribution in [1.82, 2.24) is 20.1 Å². The number of hydrogen-bond acceptors (Lipinski definition) is 5. The number of allylic oxidation sites excluding steroid dienone is 1. The van der Waals surface area contributed by atoms with Gasteiger partial charge in [0.25, 0.3) is 5.91 Å². The summed E-state index contributed by atoms with van der Waals surface area (Å²) in [6.45, 7) is 8.46. The van der Waals surface area contributed by atoms with Crippen molar-refractivity contribution in [3.8, 4) is 11.6 Å². The van der Waals surface area contributed by atoms with Crippen molar-refractivity contribution in [3.63, 3.8) is 0 Å². The summed E-state index contributed by atoms with van der Waals surface area (Å²) in [6.07, 6.45) is 4.34. The van der Waals surface area contributed by atoms with Gasteiger partial charge in [0, 0.05) is 23.9 Å². The second-order valence-corrected chi connectivity index (χ2v) is 7.39. The van der Waals surface area contributed by atoms with Gasteiger partial charge >= 0.3 is 0 Å². The minimum Gasteiger partial charge on any atom is -0.461 e. The van der Waals surface area contributed by atoms with Crippen LogP contribution in [0.1, 0.15) is 36.2 Å². The molecule has 2 aromatic heterocycles. The molecule has 1 aromatic carbocycles. The van der Waals surface area contributed by atoms with Crippen molar-refractivity contribution in [3.05, 3.63) is 66.4 Å². The number of rotatable bonds is 9. The zero-order chi connectivity index (χ0) is 19.9. The Morgan fingerprint density at radius 3 is 2.75 bits per heavy atom. The molecule has 0 aliphatic rings. The molecule has 0 bridgehead atoms. The smallest absolute Gasteiger partial charge is 0.251 e. The Morgan fingerprint density at radius 2 is 2.11 bits per heavy atom. The lowest BCUT2D eigenvalue weighted by Gasteiger charge is -2.11. The Bertz CT molecular complexity index is 917. The van der Waals surface area contributed by atoms with Crippen LogP contribution in [0, 0.1) is 0 Å². The summed E-state index contributed by atoms with van der Waals surface area (Å²) in [4.78, 5) is 12.2. The molecule has 3 aromatic rings. The van der Waals surface area contributed by atoms with E-state index >= 15 is 0 Å². The number of carbonyl (C=O) groups is 1. The average molecular weight is 397 g/mol. The van der Waals surface area contributed by atoms with Gasteiger partial charge in [0.2, 0.25) is 5.82 Å². The Kier molecular flexibility index (Phi) is 6.71. The molecule has 3 rings (SSSR count). The maximum absolute atomic E-state index is 12.2. The number of amides is 1. The average Bonchev–Trinajstić information content (AvgIpc) is 3.37. The second-order valence-electron chi connectivity index (χ2n) is 6.45. The number of nitrogens with one attached hydrogen (secondary N) is 1. The first-order chi connectivity index (χ1) is 13.6. The highest BCUT2D eigenvalue weighted by molar-refractivity contribution is 7.98. The summed E-state index contributed by atoms with van der Waals surface area (Å²) in [5, 5.41) is 12.3. The zero-order valence-electron chi connectivity index (χ0n) is 16.1. The minimum absolute atomic E-state index is 0.0395. The highest BCUT2D eigenvalue weighted by atomic mass is 32.2. The van der Waals surface area contributed by atoms with Gasteiger partial charge in [-0.05, 0) is 43.2 Å². The first kappa shape index (κ1) is 19.9. The van der Waals surface area contributed by atoms with Gasteiger partial charge in [-0.1, -0.05) is 36.9 Å². The van der Waals surface area contributed by atoms with Crippen molar-refractivity contribution < 1.29 is 9.21 Å². The minimum atomic E-state index is -0.0395. The van der Waals surface area contributed by atoms with E-state index < -0.39 is 0 Å². The summed E-state index contributed by atoms with van der Waals surface area (Å²) >= 11 is 1.59. The van der Waals surface area contributed by atoms with Gasteiger partial charge in [-0.2, -0.15) is 0 Å².